The molecule has 9 nitrogen and oxygen atoms in total. The predicted octanol–water partition coefficient (Wildman–Crippen LogP) is 2.65. The smallest absolute Gasteiger partial charge is 0.343 e. The molecule has 208 valence electrons. The number of nitrogens with zero attached hydrogens (tertiary/aromatic N) is 2. The van der Waals surface area contributed by atoms with E-state index in [0.29, 0.717) is 35.3 Å². The fourth-order valence-corrected chi connectivity index (χ4v) is 6.92. The van der Waals surface area contributed by atoms with Crippen molar-refractivity contribution >= 4 is 22.8 Å². The van der Waals surface area contributed by atoms with Crippen molar-refractivity contribution in [3.8, 4) is 11.4 Å². The Balaban J connectivity index is 1.45. The van der Waals surface area contributed by atoms with Gasteiger partial charge in [0.2, 0.25) is 5.91 Å². The number of aromatic nitrogens is 2. The zero-order valence-corrected chi connectivity index (χ0v) is 22.3. The highest BCUT2D eigenvalue weighted by Crippen LogP contribution is 2.46. The fourth-order valence-electron chi connectivity index (χ4n) is 6.92. The van der Waals surface area contributed by atoms with Gasteiger partial charge in [-0.3, -0.25) is 9.59 Å². The van der Waals surface area contributed by atoms with Crippen LogP contribution in [-0.4, -0.2) is 38.2 Å². The number of carbonyl (C=O) groups excluding carboxylic acids is 2. The maximum atomic E-state index is 15.1. The summed E-state index contributed by atoms with van der Waals surface area (Å²) in [6.45, 7) is 3.12. The topological polar surface area (TPSA) is 131 Å². The second-order valence-corrected chi connectivity index (χ2v) is 11.5. The molecule has 3 unspecified atom stereocenters. The van der Waals surface area contributed by atoms with Gasteiger partial charge < -0.3 is 24.8 Å². The largest absolute Gasteiger partial charge is 0.458 e. The SMILES string of the molecule is CCC1(O)C(=O)OCc2c1cc1n(c2=O)Cc2c-1nc1cc(F)c(C)c3c1c2C(NC(=O)C(CO)C1CC1)CC3. The number of nitrogens with one attached hydrogen (secondary N) is 1. The molecule has 0 saturated heterocycles. The molecule has 7 rings (SSSR count). The Hall–Kier alpha value is -3.63. The summed E-state index contributed by atoms with van der Waals surface area (Å²) in [5, 5.41) is 25.0. The quantitative estimate of drug-likeness (QED) is 0.328. The lowest BCUT2D eigenvalue weighted by molar-refractivity contribution is -0.172. The number of aliphatic hydroxyl groups excluding tert-OH is 1. The molecule has 0 bridgehead atoms. The molecule has 3 aromatic rings. The molecule has 1 amide bonds. The van der Waals surface area contributed by atoms with Gasteiger partial charge in [0.15, 0.2) is 5.60 Å². The van der Waals surface area contributed by atoms with Gasteiger partial charge in [-0.15, -0.1) is 0 Å². The first-order chi connectivity index (χ1) is 19.2. The number of hydrogen-bond acceptors (Lipinski definition) is 7. The van der Waals surface area contributed by atoms with E-state index in [-0.39, 0.29) is 60.5 Å². The van der Waals surface area contributed by atoms with Gasteiger partial charge >= 0.3 is 5.97 Å². The molecule has 4 aliphatic rings. The Morgan fingerprint density at radius 3 is 2.73 bits per heavy atom. The van der Waals surface area contributed by atoms with Crippen LogP contribution in [0.2, 0.25) is 0 Å². The number of benzene rings is 1. The maximum Gasteiger partial charge on any atom is 0.343 e. The van der Waals surface area contributed by atoms with Crippen molar-refractivity contribution in [1.29, 1.82) is 0 Å². The minimum absolute atomic E-state index is 0.0277. The van der Waals surface area contributed by atoms with E-state index in [2.05, 4.69) is 5.32 Å². The summed E-state index contributed by atoms with van der Waals surface area (Å²) in [5.74, 6) is -1.68. The minimum Gasteiger partial charge on any atom is -0.458 e. The summed E-state index contributed by atoms with van der Waals surface area (Å²) < 4.78 is 21.8. The van der Waals surface area contributed by atoms with E-state index in [9.17, 15) is 24.6 Å². The average molecular weight is 548 g/mol. The van der Waals surface area contributed by atoms with Crippen molar-refractivity contribution in [2.24, 2.45) is 11.8 Å². The summed E-state index contributed by atoms with van der Waals surface area (Å²) in [5.41, 5.74) is 2.37. The van der Waals surface area contributed by atoms with Gasteiger partial charge in [-0.05, 0) is 67.7 Å². The van der Waals surface area contributed by atoms with Crippen LogP contribution >= 0.6 is 0 Å². The molecule has 2 aliphatic heterocycles. The average Bonchev–Trinajstić information content (AvgIpc) is 3.71. The lowest BCUT2D eigenvalue weighted by Crippen LogP contribution is -2.44. The number of cyclic esters (lactones) is 1. The van der Waals surface area contributed by atoms with E-state index >= 15 is 4.39 Å². The van der Waals surface area contributed by atoms with Gasteiger partial charge in [0.05, 0.1) is 47.6 Å². The van der Waals surface area contributed by atoms with Gasteiger partial charge in [-0.25, -0.2) is 14.2 Å². The minimum atomic E-state index is -1.95. The Labute approximate surface area is 229 Å². The highest BCUT2D eigenvalue weighted by atomic mass is 19.1. The Bertz CT molecular complexity index is 1710. The third kappa shape index (κ3) is 3.38. The van der Waals surface area contributed by atoms with Gasteiger partial charge in [-0.1, -0.05) is 6.92 Å². The number of carbonyl (C=O) groups is 2. The van der Waals surface area contributed by atoms with E-state index in [1.165, 1.54) is 6.07 Å². The lowest BCUT2D eigenvalue weighted by Gasteiger charge is -2.31. The standard InChI is InChI=1S/C30H30FN3O6/c1-3-30(39)19-8-23-26-16(10-34(23)28(37)18(19)12-40-29(30)38)25-21(33-27(36)17(11-35)14-4-5-14)7-6-15-13(2)20(31)9-22(32-26)24(15)25/h8-9,14,17,21,35,39H,3-7,10-12H2,1-2H3,(H,33,36). The Morgan fingerprint density at radius 1 is 1.25 bits per heavy atom. The number of aliphatic hydroxyl groups is 2. The highest BCUT2D eigenvalue weighted by molar-refractivity contribution is 5.94. The summed E-state index contributed by atoms with van der Waals surface area (Å²) in [7, 11) is 0. The summed E-state index contributed by atoms with van der Waals surface area (Å²) in [4.78, 5) is 44.4. The number of esters is 1. The number of pyridine rings is 2. The number of halogens is 1. The highest BCUT2D eigenvalue weighted by Gasteiger charge is 2.46. The monoisotopic (exact) mass is 547 g/mol. The van der Waals surface area contributed by atoms with Crippen molar-refractivity contribution in [2.45, 2.75) is 70.7 Å². The van der Waals surface area contributed by atoms with Crippen LogP contribution in [0.4, 0.5) is 4.39 Å². The second kappa shape index (κ2) is 8.68. The number of aryl methyl sites for hydroxylation is 1. The first-order valence-corrected chi connectivity index (χ1v) is 13.9. The van der Waals surface area contributed by atoms with Crippen LogP contribution in [0.25, 0.3) is 22.3 Å². The van der Waals surface area contributed by atoms with E-state index in [0.717, 1.165) is 34.9 Å². The van der Waals surface area contributed by atoms with Crippen LogP contribution in [-0.2, 0) is 39.5 Å². The number of fused-ring (bicyclic) bond motifs is 5. The molecule has 1 aromatic carbocycles. The van der Waals surface area contributed by atoms with Crippen LogP contribution in [0.15, 0.2) is 16.9 Å². The first kappa shape index (κ1) is 25.3. The van der Waals surface area contributed by atoms with Crippen molar-refractivity contribution in [2.75, 3.05) is 6.61 Å². The zero-order chi connectivity index (χ0) is 28.1. The van der Waals surface area contributed by atoms with Crippen LogP contribution in [0.5, 0.6) is 0 Å². The van der Waals surface area contributed by atoms with Gasteiger partial charge in [-0.2, -0.15) is 0 Å². The number of amides is 1. The summed E-state index contributed by atoms with van der Waals surface area (Å²) in [6, 6.07) is 2.62. The second-order valence-electron chi connectivity index (χ2n) is 11.5. The number of rotatable bonds is 5. The van der Waals surface area contributed by atoms with Crippen molar-refractivity contribution in [3.63, 3.8) is 0 Å². The molecule has 3 atom stereocenters. The first-order valence-electron chi connectivity index (χ1n) is 13.9. The molecule has 0 radical (unpaired) electrons. The molecule has 40 heavy (non-hydrogen) atoms. The van der Waals surface area contributed by atoms with E-state index in [4.69, 9.17) is 9.72 Å². The Kier molecular flexibility index (Phi) is 5.50. The molecular weight excluding hydrogens is 517 g/mol. The van der Waals surface area contributed by atoms with Crippen LogP contribution in [0.3, 0.4) is 0 Å². The molecule has 0 spiro atoms. The summed E-state index contributed by atoms with van der Waals surface area (Å²) in [6.07, 6.45) is 2.95. The van der Waals surface area contributed by atoms with E-state index in [1.54, 1.807) is 24.5 Å². The third-order valence-electron chi connectivity index (χ3n) is 9.42. The van der Waals surface area contributed by atoms with Crippen LogP contribution < -0.4 is 10.9 Å². The van der Waals surface area contributed by atoms with Gasteiger partial charge in [0, 0.05) is 22.6 Å². The number of ether oxygens (including phenoxy) is 1. The van der Waals surface area contributed by atoms with Gasteiger partial charge in [0.25, 0.3) is 5.56 Å². The molecule has 4 heterocycles. The van der Waals surface area contributed by atoms with Crippen molar-refractivity contribution in [1.82, 2.24) is 14.9 Å². The fraction of sp³-hybridized carbons (Fsp3) is 0.467. The normalized spacial score (nSPS) is 23.3. The molecular formula is C30H30FN3O6. The number of hydrogen-bond donors (Lipinski definition) is 3. The molecule has 2 aliphatic carbocycles. The van der Waals surface area contributed by atoms with Crippen LogP contribution in [0.1, 0.15) is 72.0 Å². The Morgan fingerprint density at radius 2 is 2.02 bits per heavy atom. The molecule has 2 aromatic heterocycles. The van der Waals surface area contributed by atoms with Crippen LogP contribution in [0, 0.1) is 24.6 Å². The summed E-state index contributed by atoms with van der Waals surface area (Å²) >= 11 is 0. The molecule has 1 fully saturated rings. The van der Waals surface area contributed by atoms with Gasteiger partial charge in [0.1, 0.15) is 12.4 Å². The zero-order valence-electron chi connectivity index (χ0n) is 22.3. The van der Waals surface area contributed by atoms with E-state index < -0.39 is 23.5 Å². The molecule has 3 N–H and O–H groups in total. The van der Waals surface area contributed by atoms with Crippen molar-refractivity contribution in [3.05, 3.63) is 61.7 Å². The third-order valence-corrected chi connectivity index (χ3v) is 9.42. The molecule has 10 heteroatoms. The molecule has 1 saturated carbocycles. The van der Waals surface area contributed by atoms with E-state index in [1.807, 2.05) is 0 Å². The van der Waals surface area contributed by atoms with Crippen molar-refractivity contribution < 1.29 is 28.9 Å². The lowest BCUT2D eigenvalue weighted by atomic mass is 9.81. The predicted molar refractivity (Wildman–Crippen MR) is 142 cm³/mol. The maximum absolute atomic E-state index is 15.1.